The molecule has 4 aliphatic rings. The van der Waals surface area contributed by atoms with E-state index in [-0.39, 0.29) is 0 Å². The van der Waals surface area contributed by atoms with E-state index in [2.05, 4.69) is 36.5 Å². The Balaban J connectivity index is 1.39. The summed E-state index contributed by atoms with van der Waals surface area (Å²) in [4.78, 5) is 0. The summed E-state index contributed by atoms with van der Waals surface area (Å²) in [6.45, 7) is 0. The molecule has 0 amide bonds. The van der Waals surface area contributed by atoms with Crippen LogP contribution in [0.5, 0.6) is 0 Å². The summed E-state index contributed by atoms with van der Waals surface area (Å²) in [5.41, 5.74) is 3.58. The number of allylic oxidation sites excluding steroid dienone is 8. The maximum atomic E-state index is 2.44. The molecule has 0 heteroatoms. The molecule has 0 heterocycles. The molecule has 106 valence electrons. The first kappa shape index (κ1) is 12.7. The fourth-order valence-corrected chi connectivity index (χ4v) is 5.06. The zero-order chi connectivity index (χ0) is 13.4. The van der Waals surface area contributed by atoms with Gasteiger partial charge in [0.1, 0.15) is 0 Å². The zero-order valence-corrected chi connectivity index (χ0v) is 12.4. The van der Waals surface area contributed by atoms with E-state index in [1.807, 2.05) is 0 Å². The van der Waals surface area contributed by atoms with Crippen molar-refractivity contribution in [3.05, 3.63) is 47.6 Å². The maximum Gasteiger partial charge on any atom is -0.0162 e. The topological polar surface area (TPSA) is 0 Å². The molecule has 0 nitrogen and oxygen atoms in total. The van der Waals surface area contributed by atoms with Crippen molar-refractivity contribution in [1.29, 1.82) is 0 Å². The maximum absolute atomic E-state index is 2.44. The van der Waals surface area contributed by atoms with Crippen LogP contribution < -0.4 is 0 Å². The van der Waals surface area contributed by atoms with Crippen LogP contribution in [0.2, 0.25) is 0 Å². The van der Waals surface area contributed by atoms with Gasteiger partial charge in [0, 0.05) is 0 Å². The van der Waals surface area contributed by atoms with Crippen molar-refractivity contribution in [2.45, 2.75) is 51.4 Å². The molecule has 2 saturated carbocycles. The van der Waals surface area contributed by atoms with E-state index in [1.54, 1.807) is 11.1 Å². The van der Waals surface area contributed by atoms with Gasteiger partial charge in [0.05, 0.1) is 0 Å². The summed E-state index contributed by atoms with van der Waals surface area (Å²) in [5.74, 6) is 3.61. The Morgan fingerprint density at radius 2 is 1.20 bits per heavy atom. The second kappa shape index (κ2) is 5.39. The Morgan fingerprint density at radius 3 is 1.70 bits per heavy atom. The van der Waals surface area contributed by atoms with Gasteiger partial charge in [-0.25, -0.2) is 0 Å². The van der Waals surface area contributed by atoms with Crippen LogP contribution in [0.4, 0.5) is 0 Å². The summed E-state index contributed by atoms with van der Waals surface area (Å²) < 4.78 is 0. The van der Waals surface area contributed by atoms with Crippen LogP contribution in [-0.2, 0) is 0 Å². The van der Waals surface area contributed by atoms with Crippen LogP contribution >= 0.6 is 0 Å². The highest BCUT2D eigenvalue weighted by atomic mass is 14.4. The molecule has 0 radical (unpaired) electrons. The third-order valence-corrected chi connectivity index (χ3v) is 6.17. The monoisotopic (exact) mass is 266 g/mol. The van der Waals surface area contributed by atoms with E-state index < -0.39 is 0 Å². The van der Waals surface area contributed by atoms with Crippen LogP contribution in [0.25, 0.3) is 0 Å². The van der Waals surface area contributed by atoms with E-state index in [1.165, 1.54) is 51.4 Å². The summed E-state index contributed by atoms with van der Waals surface area (Å²) in [6, 6.07) is 0. The molecule has 0 spiro atoms. The van der Waals surface area contributed by atoms with Crippen LogP contribution in [-0.4, -0.2) is 0 Å². The molecule has 0 bridgehead atoms. The Kier molecular flexibility index (Phi) is 3.42. The van der Waals surface area contributed by atoms with Crippen molar-refractivity contribution in [3.63, 3.8) is 0 Å². The number of hydrogen-bond donors (Lipinski definition) is 0. The summed E-state index contributed by atoms with van der Waals surface area (Å²) >= 11 is 0. The normalized spacial score (nSPS) is 38.4. The molecule has 0 aromatic rings. The van der Waals surface area contributed by atoms with Crippen LogP contribution in [0, 0.1) is 23.7 Å². The van der Waals surface area contributed by atoms with Crippen molar-refractivity contribution in [2.75, 3.05) is 0 Å². The van der Waals surface area contributed by atoms with Crippen molar-refractivity contribution < 1.29 is 0 Å². The average molecular weight is 266 g/mol. The molecule has 1 unspecified atom stereocenters. The highest BCUT2D eigenvalue weighted by Crippen LogP contribution is 2.47. The highest BCUT2D eigenvalue weighted by Gasteiger charge is 2.33. The fraction of sp³-hybridized carbons (Fsp3) is 0.600. The molecule has 4 rings (SSSR count). The molecule has 0 aromatic heterocycles. The molecular weight excluding hydrogens is 240 g/mol. The first-order chi connectivity index (χ1) is 9.92. The van der Waals surface area contributed by atoms with E-state index in [9.17, 15) is 0 Å². The number of rotatable bonds is 3. The van der Waals surface area contributed by atoms with Crippen molar-refractivity contribution in [3.8, 4) is 0 Å². The minimum atomic E-state index is 0.901. The van der Waals surface area contributed by atoms with Gasteiger partial charge in [-0.2, -0.15) is 0 Å². The lowest BCUT2D eigenvalue weighted by Gasteiger charge is -2.22. The zero-order valence-electron chi connectivity index (χ0n) is 12.4. The van der Waals surface area contributed by atoms with Gasteiger partial charge in [0.2, 0.25) is 0 Å². The Hall–Kier alpha value is -1.04. The smallest absolute Gasteiger partial charge is 0.0162 e. The first-order valence-electron chi connectivity index (χ1n) is 8.65. The quantitative estimate of drug-likeness (QED) is 0.624. The summed E-state index contributed by atoms with van der Waals surface area (Å²) in [5, 5.41) is 0. The van der Waals surface area contributed by atoms with Gasteiger partial charge in [-0.15, -0.1) is 0 Å². The lowest BCUT2D eigenvalue weighted by Crippen LogP contribution is -2.08. The molecular formula is C20H26. The number of fused-ring (bicyclic) bond motifs is 2. The molecule has 0 aromatic carbocycles. The second-order valence-electron chi connectivity index (χ2n) is 7.18. The van der Waals surface area contributed by atoms with E-state index >= 15 is 0 Å². The minimum absolute atomic E-state index is 0.901. The summed E-state index contributed by atoms with van der Waals surface area (Å²) in [7, 11) is 0. The molecule has 0 aliphatic heterocycles. The minimum Gasteiger partial charge on any atom is -0.0839 e. The van der Waals surface area contributed by atoms with Gasteiger partial charge in [0.15, 0.2) is 0 Å². The second-order valence-corrected chi connectivity index (χ2v) is 7.18. The van der Waals surface area contributed by atoms with Gasteiger partial charge in [-0.1, -0.05) is 47.6 Å². The lowest BCUT2D eigenvalue weighted by molar-refractivity contribution is 0.468. The van der Waals surface area contributed by atoms with Gasteiger partial charge in [-0.3, -0.25) is 0 Å². The molecule has 2 fully saturated rings. The standard InChI is InChI=1S/C20H26/c1-3-7-19-15(5-1)9-11-17(19)13-14-18-12-10-16-6-2-4-8-20(16)18/h1-4,7-8,15-18H,5-6,9-14H2/t15-,16?,17+,18+/m0/s1. The Bertz CT molecular complexity index is 442. The SMILES string of the molecule is C1=CCC2CC[C@H](CC[C@H]3CC[C@@H]4CC=CC=C34)C2=C1. The van der Waals surface area contributed by atoms with E-state index in [0.29, 0.717) is 0 Å². The van der Waals surface area contributed by atoms with Crippen LogP contribution in [0.3, 0.4) is 0 Å². The average Bonchev–Trinajstić information content (AvgIpc) is 3.09. The van der Waals surface area contributed by atoms with Crippen molar-refractivity contribution in [1.82, 2.24) is 0 Å². The lowest BCUT2D eigenvalue weighted by atomic mass is 9.84. The van der Waals surface area contributed by atoms with Gasteiger partial charge < -0.3 is 0 Å². The van der Waals surface area contributed by atoms with E-state index in [4.69, 9.17) is 0 Å². The highest BCUT2D eigenvalue weighted by molar-refractivity contribution is 5.28. The Morgan fingerprint density at radius 1 is 0.700 bits per heavy atom. The fourth-order valence-electron chi connectivity index (χ4n) is 5.06. The van der Waals surface area contributed by atoms with Gasteiger partial charge >= 0.3 is 0 Å². The molecule has 20 heavy (non-hydrogen) atoms. The molecule has 0 N–H and O–H groups in total. The van der Waals surface area contributed by atoms with Gasteiger partial charge in [0.25, 0.3) is 0 Å². The van der Waals surface area contributed by atoms with Crippen molar-refractivity contribution >= 4 is 0 Å². The molecule has 0 saturated heterocycles. The predicted octanol–water partition coefficient (Wildman–Crippen LogP) is 5.59. The third kappa shape index (κ3) is 2.24. The largest absolute Gasteiger partial charge is 0.0839 e. The van der Waals surface area contributed by atoms with E-state index in [0.717, 1.165) is 23.7 Å². The molecule has 4 atom stereocenters. The molecule has 4 aliphatic carbocycles. The third-order valence-electron chi connectivity index (χ3n) is 6.17. The van der Waals surface area contributed by atoms with Crippen LogP contribution in [0.1, 0.15) is 51.4 Å². The Labute approximate surface area is 123 Å². The van der Waals surface area contributed by atoms with Crippen LogP contribution in [0.15, 0.2) is 47.6 Å². The van der Waals surface area contributed by atoms with Crippen molar-refractivity contribution in [2.24, 2.45) is 23.7 Å². The van der Waals surface area contributed by atoms with Gasteiger partial charge in [-0.05, 0) is 75.0 Å². The summed E-state index contributed by atoms with van der Waals surface area (Å²) in [6.07, 6.45) is 25.5. The number of hydrogen-bond acceptors (Lipinski definition) is 0. The predicted molar refractivity (Wildman–Crippen MR) is 85.3 cm³/mol. The first-order valence-corrected chi connectivity index (χ1v) is 8.65.